The second-order valence-corrected chi connectivity index (χ2v) is 11.7. The summed E-state index contributed by atoms with van der Waals surface area (Å²) in [5, 5.41) is 2.55. The largest absolute Gasteiger partial charge is 0.310 e. The molecule has 0 saturated carbocycles. The van der Waals surface area contributed by atoms with Crippen molar-refractivity contribution < 1.29 is 0 Å². The fraction of sp³-hybridized carbons (Fsp3) is 0. The number of hydrogen-bond donors (Lipinski definition) is 0. The Morgan fingerprint density at radius 3 is 1.64 bits per heavy atom. The second kappa shape index (κ2) is 11.2. The Labute approximate surface area is 273 Å². The molecule has 4 heteroatoms. The molecule has 3 heterocycles. The van der Waals surface area contributed by atoms with Crippen LogP contribution in [-0.4, -0.2) is 15.0 Å². The first-order valence-electron chi connectivity index (χ1n) is 15.8. The quantitative estimate of drug-likeness (QED) is 0.190. The van der Waals surface area contributed by atoms with Crippen LogP contribution < -0.4 is 4.90 Å². The van der Waals surface area contributed by atoms with E-state index in [4.69, 9.17) is 4.98 Å². The zero-order valence-electron chi connectivity index (χ0n) is 25.5. The number of anilines is 3. The van der Waals surface area contributed by atoms with Crippen LogP contribution in [-0.2, 0) is 0 Å². The van der Waals surface area contributed by atoms with Gasteiger partial charge >= 0.3 is 0 Å². The average molecular weight is 601 g/mol. The number of rotatable bonds is 6. The molecule has 9 rings (SSSR count). The van der Waals surface area contributed by atoms with Gasteiger partial charge in [-0.3, -0.25) is 9.97 Å². The van der Waals surface area contributed by atoms with Crippen molar-refractivity contribution in [1.29, 1.82) is 0 Å². The fourth-order valence-electron chi connectivity index (χ4n) is 6.82. The SMILES string of the molecule is c1ccc(N(c2ccc(-c3cc(-c4cccnc4)nc(-c4cccnc4)c3)cc2)c2ccc3c4c(cccc24)-c2ccccc2-3)cc1. The van der Waals surface area contributed by atoms with E-state index in [1.807, 2.05) is 36.7 Å². The smallest absolute Gasteiger partial charge is 0.0731 e. The van der Waals surface area contributed by atoms with Gasteiger partial charge in [0.2, 0.25) is 0 Å². The summed E-state index contributed by atoms with van der Waals surface area (Å²) in [4.78, 5) is 16.1. The molecular weight excluding hydrogens is 573 g/mol. The Morgan fingerprint density at radius 1 is 0.404 bits per heavy atom. The van der Waals surface area contributed by atoms with Crippen LogP contribution >= 0.6 is 0 Å². The molecule has 0 fully saturated rings. The molecule has 1 aliphatic carbocycles. The molecule has 0 radical (unpaired) electrons. The highest BCUT2D eigenvalue weighted by molar-refractivity contribution is 6.19. The zero-order chi connectivity index (χ0) is 31.2. The monoisotopic (exact) mass is 600 g/mol. The van der Waals surface area contributed by atoms with E-state index in [-0.39, 0.29) is 0 Å². The minimum absolute atomic E-state index is 0.873. The van der Waals surface area contributed by atoms with Crippen LogP contribution in [0.15, 0.2) is 170 Å². The second-order valence-electron chi connectivity index (χ2n) is 11.7. The van der Waals surface area contributed by atoms with Crippen molar-refractivity contribution in [3.63, 3.8) is 0 Å². The number of para-hydroxylation sites is 1. The van der Waals surface area contributed by atoms with Gasteiger partial charge in [-0.2, -0.15) is 0 Å². The minimum atomic E-state index is 0.873. The van der Waals surface area contributed by atoms with Crippen LogP contribution in [0.2, 0.25) is 0 Å². The Balaban J connectivity index is 1.18. The third kappa shape index (κ3) is 4.66. The van der Waals surface area contributed by atoms with E-state index in [1.165, 1.54) is 33.0 Å². The summed E-state index contributed by atoms with van der Waals surface area (Å²) in [5.74, 6) is 0. The van der Waals surface area contributed by atoms with Crippen molar-refractivity contribution in [2.24, 2.45) is 0 Å². The van der Waals surface area contributed by atoms with Gasteiger partial charge < -0.3 is 4.90 Å². The zero-order valence-corrected chi connectivity index (χ0v) is 25.5. The molecule has 0 saturated heterocycles. The molecule has 0 amide bonds. The van der Waals surface area contributed by atoms with Gasteiger partial charge in [0.15, 0.2) is 0 Å². The first kappa shape index (κ1) is 27.0. The molecule has 0 aliphatic heterocycles. The van der Waals surface area contributed by atoms with E-state index in [9.17, 15) is 0 Å². The maximum Gasteiger partial charge on any atom is 0.0731 e. The molecule has 0 spiro atoms. The van der Waals surface area contributed by atoms with Crippen molar-refractivity contribution >= 4 is 27.8 Å². The van der Waals surface area contributed by atoms with E-state index < -0.39 is 0 Å². The van der Waals surface area contributed by atoms with Crippen LogP contribution in [0.5, 0.6) is 0 Å². The summed E-state index contributed by atoms with van der Waals surface area (Å²) in [5.41, 5.74) is 14.4. The Bertz CT molecular complexity index is 2300. The van der Waals surface area contributed by atoms with E-state index in [0.29, 0.717) is 0 Å². The van der Waals surface area contributed by atoms with Crippen LogP contribution in [0.3, 0.4) is 0 Å². The molecule has 0 unspecified atom stereocenters. The Hall–Kier alpha value is -6.39. The predicted molar refractivity (Wildman–Crippen MR) is 193 cm³/mol. The lowest BCUT2D eigenvalue weighted by atomic mass is 9.99. The highest BCUT2D eigenvalue weighted by Crippen LogP contribution is 2.51. The third-order valence-corrected chi connectivity index (χ3v) is 8.98. The lowest BCUT2D eigenvalue weighted by Gasteiger charge is -2.27. The van der Waals surface area contributed by atoms with Crippen LogP contribution in [0, 0.1) is 0 Å². The molecule has 5 aromatic carbocycles. The van der Waals surface area contributed by atoms with E-state index in [0.717, 1.165) is 50.7 Å². The number of pyridine rings is 3. The molecule has 3 aromatic heterocycles. The van der Waals surface area contributed by atoms with Crippen molar-refractivity contribution in [3.8, 4) is 55.9 Å². The average Bonchev–Trinajstić information content (AvgIpc) is 3.49. The first-order valence-corrected chi connectivity index (χ1v) is 15.8. The number of hydrogen-bond acceptors (Lipinski definition) is 4. The maximum absolute atomic E-state index is 5.00. The van der Waals surface area contributed by atoms with E-state index >= 15 is 0 Å². The van der Waals surface area contributed by atoms with Gasteiger partial charge in [-0.1, -0.05) is 78.9 Å². The Kier molecular flexibility index (Phi) is 6.43. The van der Waals surface area contributed by atoms with Gasteiger partial charge in [0.05, 0.1) is 17.1 Å². The molecule has 0 N–H and O–H groups in total. The lowest BCUT2D eigenvalue weighted by molar-refractivity contribution is 1.26. The third-order valence-electron chi connectivity index (χ3n) is 8.98. The van der Waals surface area contributed by atoms with Crippen molar-refractivity contribution in [3.05, 3.63) is 170 Å². The van der Waals surface area contributed by atoms with Crippen LogP contribution in [0.4, 0.5) is 17.1 Å². The van der Waals surface area contributed by atoms with Gasteiger partial charge in [0.25, 0.3) is 0 Å². The highest BCUT2D eigenvalue weighted by Gasteiger charge is 2.24. The molecule has 1 aliphatic rings. The number of benzene rings is 5. The highest BCUT2D eigenvalue weighted by atomic mass is 15.1. The molecule has 0 atom stereocenters. The van der Waals surface area contributed by atoms with Crippen molar-refractivity contribution in [2.45, 2.75) is 0 Å². The molecule has 47 heavy (non-hydrogen) atoms. The molecule has 4 nitrogen and oxygen atoms in total. The van der Waals surface area contributed by atoms with E-state index in [1.54, 1.807) is 12.4 Å². The number of nitrogens with zero attached hydrogens (tertiary/aromatic N) is 4. The van der Waals surface area contributed by atoms with Crippen LogP contribution in [0.1, 0.15) is 0 Å². The summed E-state index contributed by atoms with van der Waals surface area (Å²) in [7, 11) is 0. The number of fused-ring (bicyclic) bond motifs is 3. The summed E-state index contributed by atoms with van der Waals surface area (Å²) in [6.45, 7) is 0. The minimum Gasteiger partial charge on any atom is -0.310 e. The molecular formula is C43H28N4. The lowest BCUT2D eigenvalue weighted by Crippen LogP contribution is -2.10. The van der Waals surface area contributed by atoms with E-state index in [2.05, 4.69) is 136 Å². The topological polar surface area (TPSA) is 41.9 Å². The van der Waals surface area contributed by atoms with Crippen LogP contribution in [0.25, 0.3) is 66.7 Å². The number of aromatic nitrogens is 3. The predicted octanol–water partition coefficient (Wildman–Crippen LogP) is 11.1. The standard InChI is InChI=1S/C43H28N4/c1-2-11-33(12-3-1)47(42-22-21-38-36-14-5-4-13-35(36)37-15-6-16-39(42)43(37)38)34-19-17-29(18-20-34)32-25-40(30-9-7-23-44-27-30)46-41(26-32)31-10-8-24-45-28-31/h1-28H. The molecule has 0 bridgehead atoms. The summed E-state index contributed by atoms with van der Waals surface area (Å²) < 4.78 is 0. The van der Waals surface area contributed by atoms with Crippen molar-refractivity contribution in [1.82, 2.24) is 15.0 Å². The van der Waals surface area contributed by atoms with Gasteiger partial charge in [-0.05, 0) is 105 Å². The first-order chi connectivity index (χ1) is 23.3. The van der Waals surface area contributed by atoms with Gasteiger partial charge in [-0.15, -0.1) is 0 Å². The van der Waals surface area contributed by atoms with Gasteiger partial charge in [-0.25, -0.2) is 4.98 Å². The van der Waals surface area contributed by atoms with Gasteiger partial charge in [0, 0.05) is 52.7 Å². The van der Waals surface area contributed by atoms with Gasteiger partial charge in [0.1, 0.15) is 0 Å². The summed E-state index contributed by atoms with van der Waals surface area (Å²) in [6, 6.07) is 51.7. The maximum atomic E-state index is 5.00. The Morgan fingerprint density at radius 2 is 1.00 bits per heavy atom. The van der Waals surface area contributed by atoms with Crippen molar-refractivity contribution in [2.75, 3.05) is 4.90 Å². The molecule has 220 valence electrons. The fourth-order valence-corrected chi connectivity index (χ4v) is 6.82. The summed E-state index contributed by atoms with van der Waals surface area (Å²) >= 11 is 0. The summed E-state index contributed by atoms with van der Waals surface area (Å²) in [6.07, 6.45) is 7.29. The normalized spacial score (nSPS) is 11.4. The molecule has 8 aromatic rings.